The molecule has 122 valence electrons. The Labute approximate surface area is 132 Å². The SMILES string of the molecule is CCN(CC)C1CCN(C(=O)c2cc(OC)cc(OC)c2)C1. The number of ether oxygens (including phenoxy) is 2. The summed E-state index contributed by atoms with van der Waals surface area (Å²) in [5.41, 5.74) is 0.622. The Morgan fingerprint density at radius 2 is 1.77 bits per heavy atom. The van der Waals surface area contributed by atoms with E-state index in [2.05, 4.69) is 18.7 Å². The average molecular weight is 306 g/mol. The first kappa shape index (κ1) is 16.6. The summed E-state index contributed by atoms with van der Waals surface area (Å²) in [5.74, 6) is 1.33. The number of benzene rings is 1. The maximum atomic E-state index is 12.7. The van der Waals surface area contributed by atoms with Gasteiger partial charge in [-0.25, -0.2) is 0 Å². The van der Waals surface area contributed by atoms with E-state index in [1.165, 1.54) is 0 Å². The molecular weight excluding hydrogens is 280 g/mol. The van der Waals surface area contributed by atoms with Crippen molar-refractivity contribution in [3.8, 4) is 11.5 Å². The maximum Gasteiger partial charge on any atom is 0.254 e. The van der Waals surface area contributed by atoms with Crippen LogP contribution in [0.3, 0.4) is 0 Å². The first-order valence-electron chi connectivity index (χ1n) is 7.89. The van der Waals surface area contributed by atoms with E-state index in [1.807, 2.05) is 4.90 Å². The number of likely N-dealkylation sites (tertiary alicyclic amines) is 1. The molecule has 5 nitrogen and oxygen atoms in total. The van der Waals surface area contributed by atoms with E-state index in [0.717, 1.165) is 32.6 Å². The van der Waals surface area contributed by atoms with Gasteiger partial charge in [-0.2, -0.15) is 0 Å². The van der Waals surface area contributed by atoms with E-state index in [9.17, 15) is 4.79 Å². The smallest absolute Gasteiger partial charge is 0.254 e. The summed E-state index contributed by atoms with van der Waals surface area (Å²) in [4.78, 5) is 17.1. The van der Waals surface area contributed by atoms with Crippen molar-refractivity contribution in [2.45, 2.75) is 26.3 Å². The van der Waals surface area contributed by atoms with Crippen LogP contribution in [0, 0.1) is 0 Å². The molecule has 0 radical (unpaired) electrons. The zero-order valence-corrected chi connectivity index (χ0v) is 14.0. The molecule has 1 unspecified atom stereocenters. The zero-order valence-electron chi connectivity index (χ0n) is 14.0. The van der Waals surface area contributed by atoms with Crippen LogP contribution in [0.15, 0.2) is 18.2 Å². The molecule has 5 heteroatoms. The van der Waals surface area contributed by atoms with Crippen LogP contribution in [0.2, 0.25) is 0 Å². The summed E-state index contributed by atoms with van der Waals surface area (Å²) < 4.78 is 10.5. The molecule has 1 saturated heterocycles. The molecule has 22 heavy (non-hydrogen) atoms. The molecule has 0 bridgehead atoms. The summed E-state index contributed by atoms with van der Waals surface area (Å²) in [6.07, 6.45) is 1.04. The van der Waals surface area contributed by atoms with Crippen molar-refractivity contribution in [2.75, 3.05) is 40.4 Å². The zero-order chi connectivity index (χ0) is 16.1. The minimum Gasteiger partial charge on any atom is -0.497 e. The number of amides is 1. The van der Waals surface area contributed by atoms with Crippen LogP contribution in [0.5, 0.6) is 11.5 Å². The number of carbonyl (C=O) groups is 1. The molecule has 0 N–H and O–H groups in total. The summed E-state index contributed by atoms with van der Waals surface area (Å²) >= 11 is 0. The third-order valence-corrected chi connectivity index (χ3v) is 4.38. The first-order chi connectivity index (χ1) is 10.6. The lowest BCUT2D eigenvalue weighted by Gasteiger charge is -2.26. The van der Waals surface area contributed by atoms with Crippen molar-refractivity contribution in [2.24, 2.45) is 0 Å². The van der Waals surface area contributed by atoms with E-state index < -0.39 is 0 Å². The highest BCUT2D eigenvalue weighted by Gasteiger charge is 2.30. The molecule has 0 spiro atoms. The normalized spacial score (nSPS) is 17.9. The van der Waals surface area contributed by atoms with Gasteiger partial charge in [0.05, 0.1) is 14.2 Å². The van der Waals surface area contributed by atoms with Gasteiger partial charge in [0.15, 0.2) is 0 Å². The molecule has 2 rings (SSSR count). The molecule has 1 atom stereocenters. The minimum absolute atomic E-state index is 0.0480. The third-order valence-electron chi connectivity index (χ3n) is 4.38. The summed E-state index contributed by atoms with van der Waals surface area (Å²) in [6, 6.07) is 5.79. The van der Waals surface area contributed by atoms with Gasteiger partial charge in [0.2, 0.25) is 0 Å². The number of likely N-dealkylation sites (N-methyl/N-ethyl adjacent to an activating group) is 1. The number of nitrogens with zero attached hydrogens (tertiary/aromatic N) is 2. The van der Waals surface area contributed by atoms with Gasteiger partial charge in [0.1, 0.15) is 11.5 Å². The van der Waals surface area contributed by atoms with Crippen molar-refractivity contribution < 1.29 is 14.3 Å². The Balaban J connectivity index is 2.12. The van der Waals surface area contributed by atoms with Gasteiger partial charge in [-0.05, 0) is 31.6 Å². The molecule has 1 aromatic carbocycles. The molecule has 1 fully saturated rings. The van der Waals surface area contributed by atoms with Crippen LogP contribution in [-0.4, -0.2) is 62.1 Å². The fourth-order valence-corrected chi connectivity index (χ4v) is 3.08. The Morgan fingerprint density at radius 3 is 2.27 bits per heavy atom. The quantitative estimate of drug-likeness (QED) is 0.808. The molecule has 1 amide bonds. The maximum absolute atomic E-state index is 12.7. The van der Waals surface area contributed by atoms with Crippen LogP contribution in [0.1, 0.15) is 30.6 Å². The van der Waals surface area contributed by atoms with E-state index in [-0.39, 0.29) is 5.91 Å². The van der Waals surface area contributed by atoms with Crippen LogP contribution in [-0.2, 0) is 0 Å². The molecule has 1 aliphatic heterocycles. The van der Waals surface area contributed by atoms with E-state index in [4.69, 9.17) is 9.47 Å². The van der Waals surface area contributed by atoms with Gasteiger partial charge in [-0.1, -0.05) is 13.8 Å². The Bertz CT molecular complexity index is 492. The van der Waals surface area contributed by atoms with Crippen LogP contribution in [0.25, 0.3) is 0 Å². The van der Waals surface area contributed by atoms with Gasteiger partial charge >= 0.3 is 0 Å². The van der Waals surface area contributed by atoms with Crippen molar-refractivity contribution in [3.63, 3.8) is 0 Å². The Morgan fingerprint density at radius 1 is 1.18 bits per heavy atom. The highest BCUT2D eigenvalue weighted by molar-refractivity contribution is 5.95. The number of hydrogen-bond donors (Lipinski definition) is 0. The van der Waals surface area contributed by atoms with Crippen LogP contribution >= 0.6 is 0 Å². The second-order valence-electron chi connectivity index (χ2n) is 5.52. The van der Waals surface area contributed by atoms with E-state index in [1.54, 1.807) is 32.4 Å². The number of methoxy groups -OCH3 is 2. The molecule has 1 aliphatic rings. The highest BCUT2D eigenvalue weighted by Crippen LogP contribution is 2.25. The number of hydrogen-bond acceptors (Lipinski definition) is 4. The molecular formula is C17H26N2O3. The topological polar surface area (TPSA) is 42.0 Å². The second kappa shape index (κ2) is 7.49. The second-order valence-corrected chi connectivity index (χ2v) is 5.52. The number of carbonyl (C=O) groups excluding carboxylic acids is 1. The fourth-order valence-electron chi connectivity index (χ4n) is 3.08. The van der Waals surface area contributed by atoms with Gasteiger partial charge < -0.3 is 14.4 Å². The van der Waals surface area contributed by atoms with Gasteiger partial charge in [0.25, 0.3) is 5.91 Å². The largest absolute Gasteiger partial charge is 0.497 e. The summed E-state index contributed by atoms with van der Waals surface area (Å²) in [7, 11) is 3.19. The minimum atomic E-state index is 0.0480. The third kappa shape index (κ3) is 3.53. The van der Waals surface area contributed by atoms with Gasteiger partial charge in [-0.3, -0.25) is 9.69 Å². The van der Waals surface area contributed by atoms with Crippen molar-refractivity contribution in [3.05, 3.63) is 23.8 Å². The van der Waals surface area contributed by atoms with Crippen molar-refractivity contribution in [1.29, 1.82) is 0 Å². The lowest BCUT2D eigenvalue weighted by atomic mass is 10.1. The Kier molecular flexibility index (Phi) is 5.66. The molecule has 0 aromatic heterocycles. The fraction of sp³-hybridized carbons (Fsp3) is 0.588. The van der Waals surface area contributed by atoms with Gasteiger partial charge in [-0.15, -0.1) is 0 Å². The highest BCUT2D eigenvalue weighted by atomic mass is 16.5. The van der Waals surface area contributed by atoms with Crippen molar-refractivity contribution in [1.82, 2.24) is 9.80 Å². The van der Waals surface area contributed by atoms with Crippen LogP contribution < -0.4 is 9.47 Å². The lowest BCUT2D eigenvalue weighted by Crippen LogP contribution is -2.38. The van der Waals surface area contributed by atoms with Crippen LogP contribution in [0.4, 0.5) is 0 Å². The molecule has 0 aliphatic carbocycles. The predicted molar refractivity (Wildman–Crippen MR) is 86.8 cm³/mol. The Hall–Kier alpha value is -1.75. The molecule has 0 saturated carbocycles. The molecule has 1 aromatic rings. The van der Waals surface area contributed by atoms with E-state index in [0.29, 0.717) is 23.1 Å². The number of rotatable bonds is 6. The van der Waals surface area contributed by atoms with Gasteiger partial charge in [0, 0.05) is 30.8 Å². The monoisotopic (exact) mass is 306 g/mol. The van der Waals surface area contributed by atoms with Crippen molar-refractivity contribution >= 4 is 5.91 Å². The average Bonchev–Trinajstić information content (AvgIpc) is 3.04. The summed E-state index contributed by atoms with van der Waals surface area (Å²) in [6.45, 7) is 7.98. The first-order valence-corrected chi connectivity index (χ1v) is 7.89. The standard InChI is InChI=1S/C17H26N2O3/c1-5-18(6-2)14-7-8-19(12-14)17(20)13-9-15(21-3)11-16(10-13)22-4/h9-11,14H,5-8,12H2,1-4H3. The lowest BCUT2D eigenvalue weighted by molar-refractivity contribution is 0.0777. The molecule has 1 heterocycles. The predicted octanol–water partition coefficient (Wildman–Crippen LogP) is 2.26. The summed E-state index contributed by atoms with van der Waals surface area (Å²) in [5, 5.41) is 0. The van der Waals surface area contributed by atoms with E-state index >= 15 is 0 Å².